The molecular formula is C14H15F2NO2. The highest BCUT2D eigenvalue weighted by atomic mass is 19.1. The molecule has 3 nitrogen and oxygen atoms in total. The minimum Gasteiger partial charge on any atom is -0.468 e. The molecule has 0 fully saturated rings. The second-order valence-electron chi connectivity index (χ2n) is 4.30. The molecule has 0 spiro atoms. The molecule has 2 rings (SSSR count). The summed E-state index contributed by atoms with van der Waals surface area (Å²) in [5, 5.41) is 12.8. The fourth-order valence-corrected chi connectivity index (χ4v) is 1.86. The topological polar surface area (TPSA) is 45.4 Å². The van der Waals surface area contributed by atoms with Gasteiger partial charge in [0.15, 0.2) is 0 Å². The monoisotopic (exact) mass is 267 g/mol. The van der Waals surface area contributed by atoms with Gasteiger partial charge in [0.2, 0.25) is 0 Å². The largest absolute Gasteiger partial charge is 0.468 e. The summed E-state index contributed by atoms with van der Waals surface area (Å²) in [5.74, 6) is -0.805. The van der Waals surface area contributed by atoms with Gasteiger partial charge in [0, 0.05) is 6.54 Å². The molecule has 5 heteroatoms. The summed E-state index contributed by atoms with van der Waals surface area (Å²) in [6.07, 6.45) is 0.291. The lowest BCUT2D eigenvalue weighted by Crippen LogP contribution is -2.25. The van der Waals surface area contributed by atoms with Crippen LogP contribution in [0.25, 0.3) is 0 Å². The Morgan fingerprint density at radius 3 is 2.47 bits per heavy atom. The standard InChI is InChI=1S/C14H15F2NO2/c1-9(13-6-3-7-19-13)17-8-12(18)14-10(15)4-2-5-11(14)16/h2-7,9,12,17-18H,8H2,1H3/t9-,12?/m0/s1. The second-order valence-corrected chi connectivity index (χ2v) is 4.30. The van der Waals surface area contributed by atoms with Crippen molar-refractivity contribution < 1.29 is 18.3 Å². The van der Waals surface area contributed by atoms with E-state index >= 15 is 0 Å². The van der Waals surface area contributed by atoms with Crippen LogP contribution in [0.15, 0.2) is 41.0 Å². The molecule has 0 aliphatic heterocycles. The lowest BCUT2D eigenvalue weighted by molar-refractivity contribution is 0.160. The Kier molecular flexibility index (Phi) is 4.29. The van der Waals surface area contributed by atoms with E-state index in [9.17, 15) is 13.9 Å². The first-order chi connectivity index (χ1) is 9.09. The number of hydrogen-bond acceptors (Lipinski definition) is 3. The van der Waals surface area contributed by atoms with Gasteiger partial charge in [-0.15, -0.1) is 0 Å². The van der Waals surface area contributed by atoms with Gasteiger partial charge < -0.3 is 14.8 Å². The summed E-state index contributed by atoms with van der Waals surface area (Å²) < 4.78 is 32.1. The molecule has 0 radical (unpaired) electrons. The third kappa shape index (κ3) is 3.19. The van der Waals surface area contributed by atoms with Gasteiger partial charge in [-0.1, -0.05) is 6.07 Å². The van der Waals surface area contributed by atoms with Gasteiger partial charge in [-0.05, 0) is 31.2 Å². The maximum atomic E-state index is 13.5. The minimum absolute atomic E-state index is 0.0275. The predicted octanol–water partition coefficient (Wildman–Crippen LogP) is 2.94. The number of hydrogen-bond donors (Lipinski definition) is 2. The molecule has 102 valence electrons. The maximum Gasteiger partial charge on any atom is 0.131 e. The van der Waals surface area contributed by atoms with E-state index in [0.717, 1.165) is 12.1 Å². The summed E-state index contributed by atoms with van der Waals surface area (Å²) in [6.45, 7) is 1.86. The number of aliphatic hydroxyl groups excluding tert-OH is 1. The number of halogens is 2. The Morgan fingerprint density at radius 2 is 1.89 bits per heavy atom. The van der Waals surface area contributed by atoms with E-state index in [2.05, 4.69) is 5.32 Å². The summed E-state index contributed by atoms with van der Waals surface area (Å²) in [5.41, 5.74) is -0.318. The minimum atomic E-state index is -1.25. The van der Waals surface area contributed by atoms with Crippen molar-refractivity contribution in [2.75, 3.05) is 6.54 Å². The predicted molar refractivity (Wildman–Crippen MR) is 66.4 cm³/mol. The average Bonchev–Trinajstić information content (AvgIpc) is 2.89. The van der Waals surface area contributed by atoms with Gasteiger partial charge >= 0.3 is 0 Å². The maximum absolute atomic E-state index is 13.5. The molecule has 1 aromatic heterocycles. The van der Waals surface area contributed by atoms with Crippen molar-refractivity contribution in [3.8, 4) is 0 Å². The fourth-order valence-electron chi connectivity index (χ4n) is 1.86. The fraction of sp³-hybridized carbons (Fsp3) is 0.286. The van der Waals surface area contributed by atoms with Gasteiger partial charge in [0.05, 0.1) is 24.0 Å². The average molecular weight is 267 g/mol. The zero-order valence-corrected chi connectivity index (χ0v) is 10.4. The summed E-state index contributed by atoms with van der Waals surface area (Å²) in [4.78, 5) is 0. The van der Waals surface area contributed by atoms with E-state index < -0.39 is 17.7 Å². The van der Waals surface area contributed by atoms with Crippen LogP contribution in [-0.2, 0) is 0 Å². The Bertz CT molecular complexity index is 508. The Morgan fingerprint density at radius 1 is 1.21 bits per heavy atom. The summed E-state index contributed by atoms with van der Waals surface area (Å²) in [7, 11) is 0. The van der Waals surface area contributed by atoms with E-state index in [-0.39, 0.29) is 18.2 Å². The smallest absolute Gasteiger partial charge is 0.131 e. The highest BCUT2D eigenvalue weighted by molar-refractivity contribution is 5.22. The van der Waals surface area contributed by atoms with Crippen LogP contribution in [0.1, 0.15) is 30.4 Å². The van der Waals surface area contributed by atoms with Crippen molar-refractivity contribution in [1.82, 2.24) is 5.32 Å². The molecule has 0 saturated heterocycles. The number of nitrogens with one attached hydrogen (secondary N) is 1. The zero-order valence-electron chi connectivity index (χ0n) is 10.4. The highest BCUT2D eigenvalue weighted by Crippen LogP contribution is 2.21. The van der Waals surface area contributed by atoms with Gasteiger partial charge in [0.25, 0.3) is 0 Å². The van der Waals surface area contributed by atoms with Crippen molar-refractivity contribution in [3.63, 3.8) is 0 Å². The van der Waals surface area contributed by atoms with Crippen molar-refractivity contribution >= 4 is 0 Å². The molecule has 2 atom stereocenters. The van der Waals surface area contributed by atoms with Crippen LogP contribution in [0.3, 0.4) is 0 Å². The first-order valence-electron chi connectivity index (χ1n) is 5.98. The molecule has 2 aromatic rings. The Balaban J connectivity index is 2.00. The summed E-state index contributed by atoms with van der Waals surface area (Å²) in [6, 6.07) is 6.89. The van der Waals surface area contributed by atoms with Crippen LogP contribution in [0.4, 0.5) is 8.78 Å². The lowest BCUT2D eigenvalue weighted by atomic mass is 10.1. The van der Waals surface area contributed by atoms with Crippen LogP contribution in [0.2, 0.25) is 0 Å². The Labute approximate surface area is 109 Å². The normalized spacial score (nSPS) is 14.3. The zero-order chi connectivity index (χ0) is 13.8. The molecule has 0 bridgehead atoms. The number of rotatable bonds is 5. The lowest BCUT2D eigenvalue weighted by Gasteiger charge is -2.16. The first-order valence-corrected chi connectivity index (χ1v) is 5.98. The molecule has 2 N–H and O–H groups in total. The van der Waals surface area contributed by atoms with E-state index in [4.69, 9.17) is 4.42 Å². The van der Waals surface area contributed by atoms with E-state index in [0.29, 0.717) is 5.76 Å². The number of benzene rings is 1. The third-order valence-electron chi connectivity index (χ3n) is 2.92. The van der Waals surface area contributed by atoms with E-state index in [1.165, 1.54) is 6.07 Å². The molecular weight excluding hydrogens is 252 g/mol. The molecule has 0 saturated carbocycles. The third-order valence-corrected chi connectivity index (χ3v) is 2.92. The molecule has 0 aliphatic rings. The molecule has 0 amide bonds. The van der Waals surface area contributed by atoms with Gasteiger partial charge in [-0.3, -0.25) is 0 Å². The van der Waals surface area contributed by atoms with Gasteiger partial charge in [-0.25, -0.2) is 8.78 Å². The van der Waals surface area contributed by atoms with Crippen molar-refractivity contribution in [2.45, 2.75) is 19.1 Å². The molecule has 1 unspecified atom stereocenters. The van der Waals surface area contributed by atoms with E-state index in [1.807, 2.05) is 6.92 Å². The highest BCUT2D eigenvalue weighted by Gasteiger charge is 2.18. The van der Waals surface area contributed by atoms with E-state index in [1.54, 1.807) is 18.4 Å². The molecule has 1 heterocycles. The first kappa shape index (κ1) is 13.7. The SMILES string of the molecule is C[C@H](NCC(O)c1c(F)cccc1F)c1ccco1. The van der Waals surface area contributed by atoms with Crippen LogP contribution in [0.5, 0.6) is 0 Å². The van der Waals surface area contributed by atoms with Crippen molar-refractivity contribution in [2.24, 2.45) is 0 Å². The summed E-state index contributed by atoms with van der Waals surface area (Å²) >= 11 is 0. The van der Waals surface area contributed by atoms with Crippen molar-refractivity contribution in [3.05, 3.63) is 59.6 Å². The van der Waals surface area contributed by atoms with Crippen molar-refractivity contribution in [1.29, 1.82) is 0 Å². The van der Waals surface area contributed by atoms with Crippen LogP contribution < -0.4 is 5.32 Å². The Hall–Kier alpha value is -1.72. The second kappa shape index (κ2) is 5.95. The van der Waals surface area contributed by atoms with Crippen LogP contribution >= 0.6 is 0 Å². The van der Waals surface area contributed by atoms with Gasteiger partial charge in [-0.2, -0.15) is 0 Å². The molecule has 0 aliphatic carbocycles. The number of furan rings is 1. The van der Waals surface area contributed by atoms with Crippen LogP contribution in [0, 0.1) is 11.6 Å². The quantitative estimate of drug-likeness (QED) is 0.875. The van der Waals surface area contributed by atoms with Crippen LogP contribution in [-0.4, -0.2) is 11.7 Å². The van der Waals surface area contributed by atoms with Gasteiger partial charge in [0.1, 0.15) is 17.4 Å². The molecule has 19 heavy (non-hydrogen) atoms. The molecule has 1 aromatic carbocycles. The number of aliphatic hydroxyl groups is 1.